The van der Waals surface area contributed by atoms with E-state index < -0.39 is 0 Å². The summed E-state index contributed by atoms with van der Waals surface area (Å²) in [4.78, 5) is 16.5. The topological polar surface area (TPSA) is 30.0 Å². The standard InChI is InChI=1S/C15H10ClNOS2/c16-11-6-7-14-12(8-11)17-15(20-14)19-9-13(18)10-4-2-1-3-5-10/h1-8H,9H2. The Morgan fingerprint density at radius 3 is 2.80 bits per heavy atom. The summed E-state index contributed by atoms with van der Waals surface area (Å²) in [7, 11) is 0. The fourth-order valence-electron chi connectivity index (χ4n) is 1.78. The maximum absolute atomic E-state index is 12.0. The van der Waals surface area contributed by atoms with Gasteiger partial charge in [-0.25, -0.2) is 4.98 Å². The van der Waals surface area contributed by atoms with Crippen molar-refractivity contribution in [3.63, 3.8) is 0 Å². The average Bonchev–Trinajstić information content (AvgIpc) is 2.87. The number of thiazole rings is 1. The molecule has 20 heavy (non-hydrogen) atoms. The molecular formula is C15H10ClNOS2. The van der Waals surface area contributed by atoms with E-state index in [0.717, 1.165) is 20.1 Å². The fourth-order valence-corrected chi connectivity index (χ4v) is 3.89. The van der Waals surface area contributed by atoms with Crippen molar-refractivity contribution in [2.45, 2.75) is 4.34 Å². The zero-order valence-electron chi connectivity index (χ0n) is 10.4. The molecule has 2 aromatic carbocycles. The molecule has 0 bridgehead atoms. The number of hydrogen-bond acceptors (Lipinski definition) is 4. The van der Waals surface area contributed by atoms with Gasteiger partial charge in [0.1, 0.15) is 0 Å². The quantitative estimate of drug-likeness (QED) is 0.505. The predicted molar refractivity (Wildman–Crippen MR) is 86.1 cm³/mol. The molecule has 0 atom stereocenters. The van der Waals surface area contributed by atoms with Gasteiger partial charge in [0.05, 0.1) is 16.0 Å². The van der Waals surface area contributed by atoms with Gasteiger partial charge in [-0.3, -0.25) is 4.79 Å². The number of carbonyl (C=O) groups is 1. The third-order valence-electron chi connectivity index (χ3n) is 2.75. The summed E-state index contributed by atoms with van der Waals surface area (Å²) < 4.78 is 1.98. The average molecular weight is 320 g/mol. The van der Waals surface area contributed by atoms with Crippen molar-refractivity contribution in [2.75, 3.05) is 5.75 Å². The lowest BCUT2D eigenvalue weighted by molar-refractivity contribution is 0.102. The van der Waals surface area contributed by atoms with E-state index in [1.54, 1.807) is 11.3 Å². The van der Waals surface area contributed by atoms with Crippen LogP contribution in [0.5, 0.6) is 0 Å². The maximum atomic E-state index is 12.0. The molecule has 0 spiro atoms. The second-order valence-electron chi connectivity index (χ2n) is 4.17. The lowest BCUT2D eigenvalue weighted by atomic mass is 10.2. The van der Waals surface area contributed by atoms with E-state index in [2.05, 4.69) is 4.98 Å². The second kappa shape index (κ2) is 5.95. The van der Waals surface area contributed by atoms with E-state index in [-0.39, 0.29) is 5.78 Å². The van der Waals surface area contributed by atoms with Crippen LogP contribution in [0, 0.1) is 0 Å². The number of Topliss-reactive ketones (excluding diaryl/α,β-unsaturated/α-hetero) is 1. The predicted octanol–water partition coefficient (Wildman–Crippen LogP) is 4.92. The van der Waals surface area contributed by atoms with Crippen LogP contribution < -0.4 is 0 Å². The van der Waals surface area contributed by atoms with Crippen LogP contribution >= 0.6 is 34.7 Å². The summed E-state index contributed by atoms with van der Waals surface area (Å²) in [6.07, 6.45) is 0. The van der Waals surface area contributed by atoms with Crippen LogP contribution in [0.15, 0.2) is 52.9 Å². The van der Waals surface area contributed by atoms with Crippen molar-refractivity contribution in [3.8, 4) is 0 Å². The normalized spacial score (nSPS) is 10.8. The van der Waals surface area contributed by atoms with Gasteiger partial charge in [0.15, 0.2) is 10.1 Å². The molecule has 0 fully saturated rings. The third kappa shape index (κ3) is 3.03. The number of benzene rings is 2. The van der Waals surface area contributed by atoms with Crippen LogP contribution in [-0.2, 0) is 0 Å². The second-order valence-corrected chi connectivity index (χ2v) is 6.86. The Bertz CT molecular complexity index is 755. The Labute approximate surface area is 129 Å². The number of thioether (sulfide) groups is 1. The minimum absolute atomic E-state index is 0.118. The number of carbonyl (C=O) groups excluding carboxylic acids is 1. The Morgan fingerprint density at radius 1 is 1.20 bits per heavy atom. The molecule has 2 nitrogen and oxygen atoms in total. The van der Waals surface area contributed by atoms with Crippen LogP contribution in [0.2, 0.25) is 5.02 Å². The largest absolute Gasteiger partial charge is 0.293 e. The van der Waals surface area contributed by atoms with Gasteiger partial charge >= 0.3 is 0 Å². The zero-order valence-corrected chi connectivity index (χ0v) is 12.8. The first kappa shape index (κ1) is 13.6. The Kier molecular flexibility index (Phi) is 4.05. The molecule has 0 N–H and O–H groups in total. The molecule has 0 saturated heterocycles. The summed E-state index contributed by atoms with van der Waals surface area (Å²) in [6, 6.07) is 15.0. The summed E-state index contributed by atoms with van der Waals surface area (Å²) >= 11 is 8.99. The van der Waals surface area contributed by atoms with E-state index in [1.807, 2.05) is 48.5 Å². The van der Waals surface area contributed by atoms with Gasteiger partial charge in [-0.2, -0.15) is 0 Å². The lowest BCUT2D eigenvalue weighted by Crippen LogP contribution is -2.01. The summed E-state index contributed by atoms with van der Waals surface area (Å²) in [5.74, 6) is 0.519. The highest BCUT2D eigenvalue weighted by molar-refractivity contribution is 8.01. The highest BCUT2D eigenvalue weighted by atomic mass is 35.5. The van der Waals surface area contributed by atoms with Crippen molar-refractivity contribution >= 4 is 50.7 Å². The highest BCUT2D eigenvalue weighted by Crippen LogP contribution is 2.31. The van der Waals surface area contributed by atoms with Crippen molar-refractivity contribution < 1.29 is 4.79 Å². The van der Waals surface area contributed by atoms with Crippen LogP contribution in [-0.4, -0.2) is 16.5 Å². The van der Waals surface area contributed by atoms with Gasteiger partial charge in [0, 0.05) is 10.6 Å². The molecule has 5 heteroatoms. The third-order valence-corrected chi connectivity index (χ3v) is 5.17. The van der Waals surface area contributed by atoms with E-state index in [1.165, 1.54) is 11.8 Å². The van der Waals surface area contributed by atoms with Crippen LogP contribution in [0.25, 0.3) is 10.2 Å². The smallest absolute Gasteiger partial charge is 0.173 e. The van der Waals surface area contributed by atoms with E-state index in [9.17, 15) is 4.79 Å². The van der Waals surface area contributed by atoms with E-state index in [0.29, 0.717) is 10.8 Å². The molecule has 0 unspecified atom stereocenters. The molecule has 1 aromatic heterocycles. The molecule has 3 rings (SSSR count). The number of fused-ring (bicyclic) bond motifs is 1. The highest BCUT2D eigenvalue weighted by Gasteiger charge is 2.09. The van der Waals surface area contributed by atoms with E-state index >= 15 is 0 Å². The molecule has 0 amide bonds. The Hall–Kier alpha value is -1.36. The summed E-state index contributed by atoms with van der Waals surface area (Å²) in [6.45, 7) is 0. The van der Waals surface area contributed by atoms with E-state index in [4.69, 9.17) is 11.6 Å². The van der Waals surface area contributed by atoms with Gasteiger partial charge in [-0.1, -0.05) is 53.7 Å². The first-order valence-electron chi connectivity index (χ1n) is 5.99. The molecule has 1 heterocycles. The number of nitrogens with zero attached hydrogens (tertiary/aromatic N) is 1. The van der Waals surface area contributed by atoms with Crippen molar-refractivity contribution in [2.24, 2.45) is 0 Å². The van der Waals surface area contributed by atoms with Gasteiger partial charge < -0.3 is 0 Å². The van der Waals surface area contributed by atoms with Gasteiger partial charge in [0.2, 0.25) is 0 Å². The number of halogens is 1. The number of aromatic nitrogens is 1. The lowest BCUT2D eigenvalue weighted by Gasteiger charge is -1.98. The van der Waals surface area contributed by atoms with Crippen LogP contribution in [0.4, 0.5) is 0 Å². The number of hydrogen-bond donors (Lipinski definition) is 0. The minimum Gasteiger partial charge on any atom is -0.293 e. The number of ketones is 1. The molecule has 0 aliphatic rings. The molecule has 0 saturated carbocycles. The Balaban J connectivity index is 1.72. The van der Waals surface area contributed by atoms with Crippen LogP contribution in [0.3, 0.4) is 0 Å². The molecule has 100 valence electrons. The van der Waals surface area contributed by atoms with Crippen molar-refractivity contribution in [1.29, 1.82) is 0 Å². The van der Waals surface area contributed by atoms with Crippen molar-refractivity contribution in [3.05, 3.63) is 59.1 Å². The van der Waals surface area contributed by atoms with Gasteiger partial charge in [-0.15, -0.1) is 11.3 Å². The molecule has 0 aliphatic carbocycles. The Morgan fingerprint density at radius 2 is 2.00 bits per heavy atom. The first-order valence-corrected chi connectivity index (χ1v) is 8.17. The van der Waals surface area contributed by atoms with Crippen molar-refractivity contribution in [1.82, 2.24) is 4.98 Å². The molecule has 3 aromatic rings. The first-order chi connectivity index (χ1) is 9.72. The molecule has 0 aliphatic heterocycles. The minimum atomic E-state index is 0.118. The van der Waals surface area contributed by atoms with Gasteiger partial charge in [0.25, 0.3) is 0 Å². The zero-order chi connectivity index (χ0) is 13.9. The molecular weight excluding hydrogens is 310 g/mol. The number of rotatable bonds is 4. The SMILES string of the molecule is O=C(CSc1nc2cc(Cl)ccc2s1)c1ccccc1. The van der Waals surface area contributed by atoms with Gasteiger partial charge in [-0.05, 0) is 18.2 Å². The summed E-state index contributed by atoms with van der Waals surface area (Å²) in [5.41, 5.74) is 1.63. The fraction of sp³-hybridized carbons (Fsp3) is 0.0667. The monoisotopic (exact) mass is 319 g/mol. The maximum Gasteiger partial charge on any atom is 0.173 e. The summed E-state index contributed by atoms with van der Waals surface area (Å²) in [5, 5.41) is 0.680. The molecule has 0 radical (unpaired) electrons. The van der Waals surface area contributed by atoms with Crippen LogP contribution in [0.1, 0.15) is 10.4 Å².